The molecule has 148 valence electrons. The molecule has 1 aliphatic rings. The van der Waals surface area contributed by atoms with Crippen molar-refractivity contribution in [1.29, 1.82) is 0 Å². The van der Waals surface area contributed by atoms with Gasteiger partial charge in [-0.3, -0.25) is 9.69 Å². The molecular weight excluding hydrogens is 352 g/mol. The van der Waals surface area contributed by atoms with Gasteiger partial charge < -0.3 is 19.5 Å². The molecule has 1 N–H and O–H groups in total. The van der Waals surface area contributed by atoms with Gasteiger partial charge in [0, 0.05) is 24.3 Å². The van der Waals surface area contributed by atoms with E-state index < -0.39 is 36.9 Å². The average Bonchev–Trinajstić information content (AvgIpc) is 3.13. The van der Waals surface area contributed by atoms with Crippen molar-refractivity contribution in [3.8, 4) is 0 Å². The Bertz CT molecular complexity index is 674. The highest BCUT2D eigenvalue weighted by Gasteiger charge is 2.30. The Hall–Kier alpha value is -2.77. The van der Waals surface area contributed by atoms with Gasteiger partial charge in [-0.1, -0.05) is 0 Å². The lowest BCUT2D eigenvalue weighted by Gasteiger charge is -2.33. The van der Waals surface area contributed by atoms with Gasteiger partial charge in [0.15, 0.2) is 0 Å². The predicted octanol–water partition coefficient (Wildman–Crippen LogP) is 2.72. The fourth-order valence-corrected chi connectivity index (χ4v) is 2.79. The number of carboxylic acid groups (broad SMARTS) is 1. The van der Waals surface area contributed by atoms with Crippen LogP contribution in [-0.2, 0) is 14.3 Å². The normalized spacial score (nSPS) is 14.0. The molecule has 0 aromatic heterocycles. The van der Waals surface area contributed by atoms with Crippen LogP contribution in [0, 0.1) is 0 Å². The molecule has 1 heterocycles. The molecular formula is C19H26N2O6. The summed E-state index contributed by atoms with van der Waals surface area (Å²) in [5, 5.41) is 8.92. The predicted molar refractivity (Wildman–Crippen MR) is 98.7 cm³/mol. The van der Waals surface area contributed by atoms with Gasteiger partial charge in [0.2, 0.25) is 6.79 Å². The standard InChI is InChI=1S/C19H26N2O6/c1-19(2,3)21(12-16(22)23)18(25)27-13-26-17(24)14-6-8-15(9-7-14)20-10-4-5-11-20/h6-9H,4-5,10-13H2,1-3H3,(H,22,23). The largest absolute Gasteiger partial charge is 0.480 e. The number of aliphatic carboxylic acids is 1. The van der Waals surface area contributed by atoms with Crippen LogP contribution < -0.4 is 4.90 Å². The van der Waals surface area contributed by atoms with Crippen molar-refractivity contribution in [2.45, 2.75) is 39.2 Å². The molecule has 0 unspecified atom stereocenters. The number of hydrogen-bond acceptors (Lipinski definition) is 6. The number of ether oxygens (including phenoxy) is 2. The van der Waals surface area contributed by atoms with Crippen LogP contribution in [0.2, 0.25) is 0 Å². The summed E-state index contributed by atoms with van der Waals surface area (Å²) < 4.78 is 9.86. The van der Waals surface area contributed by atoms with Gasteiger partial charge in [0.25, 0.3) is 0 Å². The summed E-state index contributed by atoms with van der Waals surface area (Å²) in [6.07, 6.45) is 1.48. The maximum absolute atomic E-state index is 12.1. The molecule has 0 saturated carbocycles. The molecule has 8 heteroatoms. The molecule has 1 saturated heterocycles. The van der Waals surface area contributed by atoms with Crippen LogP contribution in [0.15, 0.2) is 24.3 Å². The zero-order valence-corrected chi connectivity index (χ0v) is 15.9. The minimum absolute atomic E-state index is 0.354. The lowest BCUT2D eigenvalue weighted by molar-refractivity contribution is -0.139. The van der Waals surface area contributed by atoms with E-state index in [1.54, 1.807) is 32.9 Å². The molecule has 1 fully saturated rings. The van der Waals surface area contributed by atoms with E-state index in [9.17, 15) is 14.4 Å². The minimum Gasteiger partial charge on any atom is -0.480 e. The van der Waals surface area contributed by atoms with Crippen LogP contribution in [0.25, 0.3) is 0 Å². The number of rotatable bonds is 6. The Kier molecular flexibility index (Phi) is 6.65. The Labute approximate surface area is 158 Å². The number of carbonyl (C=O) groups excluding carboxylic acids is 2. The van der Waals surface area contributed by atoms with Crippen molar-refractivity contribution >= 4 is 23.7 Å². The molecule has 1 aliphatic heterocycles. The SMILES string of the molecule is CC(C)(C)N(CC(=O)O)C(=O)OCOC(=O)c1ccc(N2CCCC2)cc1. The van der Waals surface area contributed by atoms with Gasteiger partial charge in [-0.2, -0.15) is 0 Å². The number of carbonyl (C=O) groups is 3. The zero-order valence-electron chi connectivity index (χ0n) is 15.9. The summed E-state index contributed by atoms with van der Waals surface area (Å²) in [4.78, 5) is 38.4. The fourth-order valence-electron chi connectivity index (χ4n) is 2.79. The van der Waals surface area contributed by atoms with E-state index in [1.807, 2.05) is 12.1 Å². The zero-order chi connectivity index (χ0) is 20.0. The highest BCUT2D eigenvalue weighted by Crippen LogP contribution is 2.20. The third kappa shape index (κ3) is 5.87. The quantitative estimate of drug-likeness (QED) is 0.600. The van der Waals surface area contributed by atoms with Gasteiger partial charge in [0.1, 0.15) is 6.54 Å². The van der Waals surface area contributed by atoms with Crippen molar-refractivity contribution in [2.24, 2.45) is 0 Å². The minimum atomic E-state index is -1.16. The molecule has 0 radical (unpaired) electrons. The second-order valence-electron chi connectivity index (χ2n) is 7.35. The Morgan fingerprint density at radius 3 is 2.19 bits per heavy atom. The van der Waals surface area contributed by atoms with Crippen LogP contribution >= 0.6 is 0 Å². The highest BCUT2D eigenvalue weighted by molar-refractivity contribution is 5.89. The van der Waals surface area contributed by atoms with E-state index in [2.05, 4.69) is 4.90 Å². The summed E-state index contributed by atoms with van der Waals surface area (Å²) in [7, 11) is 0. The van der Waals surface area contributed by atoms with Gasteiger partial charge in [0.05, 0.1) is 5.56 Å². The average molecular weight is 378 g/mol. The fraction of sp³-hybridized carbons (Fsp3) is 0.526. The van der Waals surface area contributed by atoms with Crippen molar-refractivity contribution in [1.82, 2.24) is 4.90 Å². The Morgan fingerprint density at radius 2 is 1.67 bits per heavy atom. The van der Waals surface area contributed by atoms with Crippen LogP contribution in [0.3, 0.4) is 0 Å². The molecule has 8 nitrogen and oxygen atoms in total. The van der Waals surface area contributed by atoms with Crippen molar-refractivity contribution in [3.05, 3.63) is 29.8 Å². The first-order valence-electron chi connectivity index (χ1n) is 8.87. The molecule has 0 aliphatic carbocycles. The molecule has 0 spiro atoms. The van der Waals surface area contributed by atoms with Crippen LogP contribution in [0.1, 0.15) is 44.0 Å². The van der Waals surface area contributed by atoms with E-state index in [0.717, 1.165) is 23.7 Å². The third-order valence-corrected chi connectivity index (χ3v) is 4.27. The molecule has 0 atom stereocenters. The third-order valence-electron chi connectivity index (χ3n) is 4.27. The van der Waals surface area contributed by atoms with E-state index in [-0.39, 0.29) is 0 Å². The van der Waals surface area contributed by atoms with Crippen LogP contribution in [-0.4, -0.2) is 60.0 Å². The van der Waals surface area contributed by atoms with Gasteiger partial charge >= 0.3 is 18.0 Å². The summed E-state index contributed by atoms with van der Waals surface area (Å²) in [6, 6.07) is 7.07. The topological polar surface area (TPSA) is 96.4 Å². The summed E-state index contributed by atoms with van der Waals surface area (Å²) in [5.74, 6) is -1.77. The lowest BCUT2D eigenvalue weighted by atomic mass is 10.1. The van der Waals surface area contributed by atoms with Gasteiger partial charge in [-0.25, -0.2) is 9.59 Å². The van der Waals surface area contributed by atoms with E-state index in [4.69, 9.17) is 14.6 Å². The summed E-state index contributed by atoms with van der Waals surface area (Å²) in [5.41, 5.74) is 0.669. The van der Waals surface area contributed by atoms with E-state index in [1.165, 1.54) is 12.8 Å². The summed E-state index contributed by atoms with van der Waals surface area (Å²) >= 11 is 0. The smallest absolute Gasteiger partial charge is 0.413 e. The van der Waals surface area contributed by atoms with Crippen LogP contribution in [0.5, 0.6) is 0 Å². The van der Waals surface area contributed by atoms with Crippen LogP contribution in [0.4, 0.5) is 10.5 Å². The van der Waals surface area contributed by atoms with E-state index >= 15 is 0 Å². The van der Waals surface area contributed by atoms with Crippen molar-refractivity contribution in [3.63, 3.8) is 0 Å². The monoisotopic (exact) mass is 378 g/mol. The van der Waals surface area contributed by atoms with Crippen molar-refractivity contribution < 1.29 is 29.0 Å². The molecule has 0 bridgehead atoms. The second kappa shape index (κ2) is 8.75. The highest BCUT2D eigenvalue weighted by atomic mass is 16.7. The Balaban J connectivity index is 1.85. The molecule has 1 aromatic carbocycles. The first-order valence-corrected chi connectivity index (χ1v) is 8.87. The number of anilines is 1. The number of benzene rings is 1. The van der Waals surface area contributed by atoms with Gasteiger partial charge in [-0.05, 0) is 57.9 Å². The first kappa shape index (κ1) is 20.5. The van der Waals surface area contributed by atoms with Gasteiger partial charge in [-0.15, -0.1) is 0 Å². The molecule has 1 amide bonds. The maximum Gasteiger partial charge on any atom is 0.413 e. The molecule has 1 aromatic rings. The number of amides is 1. The number of nitrogens with zero attached hydrogens (tertiary/aromatic N) is 2. The first-order chi connectivity index (χ1) is 12.7. The Morgan fingerprint density at radius 1 is 1.07 bits per heavy atom. The maximum atomic E-state index is 12.1. The lowest BCUT2D eigenvalue weighted by Crippen LogP contribution is -2.48. The number of hydrogen-bond donors (Lipinski definition) is 1. The molecule has 27 heavy (non-hydrogen) atoms. The van der Waals surface area contributed by atoms with E-state index in [0.29, 0.717) is 5.56 Å². The second-order valence-corrected chi connectivity index (χ2v) is 7.35. The molecule has 2 rings (SSSR count). The summed E-state index contributed by atoms with van der Waals surface area (Å²) in [6.45, 7) is 5.99. The number of esters is 1. The van der Waals surface area contributed by atoms with Crippen molar-refractivity contribution in [2.75, 3.05) is 31.3 Å². The number of carboxylic acids is 1.